The van der Waals surface area contributed by atoms with Crippen LogP contribution in [0, 0.1) is 11.8 Å². The van der Waals surface area contributed by atoms with Crippen molar-refractivity contribution in [1.82, 2.24) is 5.32 Å². The molecule has 1 aliphatic carbocycles. The monoisotopic (exact) mass is 181 g/mol. The summed E-state index contributed by atoms with van der Waals surface area (Å²) in [6, 6.07) is 0.483. The van der Waals surface area contributed by atoms with E-state index in [9.17, 15) is 4.79 Å². The number of ketones is 1. The van der Waals surface area contributed by atoms with E-state index in [2.05, 4.69) is 12.2 Å². The molecule has 1 saturated carbocycles. The van der Waals surface area contributed by atoms with E-state index in [1.165, 1.54) is 12.8 Å². The summed E-state index contributed by atoms with van der Waals surface area (Å²) in [6.45, 7) is 3.39. The zero-order valence-electron chi connectivity index (χ0n) is 8.38. The van der Waals surface area contributed by atoms with Crippen molar-refractivity contribution in [3.05, 3.63) is 0 Å². The highest BCUT2D eigenvalue weighted by atomic mass is 16.1. The lowest BCUT2D eigenvalue weighted by Gasteiger charge is -2.27. The lowest BCUT2D eigenvalue weighted by Crippen LogP contribution is -2.38. The molecule has 0 aromatic carbocycles. The van der Waals surface area contributed by atoms with Crippen LogP contribution < -0.4 is 5.32 Å². The molecule has 2 unspecified atom stereocenters. The summed E-state index contributed by atoms with van der Waals surface area (Å²) in [6.07, 6.45) is 5.56. The first kappa shape index (κ1) is 9.20. The van der Waals surface area contributed by atoms with Crippen LogP contribution in [-0.2, 0) is 4.79 Å². The van der Waals surface area contributed by atoms with Crippen LogP contribution >= 0.6 is 0 Å². The number of carbonyl (C=O) groups excluding carboxylic acids is 1. The highest BCUT2D eigenvalue weighted by molar-refractivity contribution is 5.83. The number of nitrogens with one attached hydrogen (secondary N) is 1. The van der Waals surface area contributed by atoms with Crippen LogP contribution in [0.1, 0.15) is 39.0 Å². The van der Waals surface area contributed by atoms with E-state index >= 15 is 0 Å². The predicted molar refractivity (Wildman–Crippen MR) is 52.5 cm³/mol. The normalized spacial score (nSPS) is 34.5. The fourth-order valence-electron chi connectivity index (χ4n) is 2.19. The minimum atomic E-state index is 0.444. The molecule has 13 heavy (non-hydrogen) atoms. The zero-order valence-corrected chi connectivity index (χ0v) is 8.38. The van der Waals surface area contributed by atoms with E-state index in [4.69, 9.17) is 0 Å². The number of Topliss-reactive ketones (excluding diaryl/α,β-unsaturated/α-hetero) is 1. The molecule has 2 heteroatoms. The lowest BCUT2D eigenvalue weighted by molar-refractivity contribution is -0.120. The molecule has 0 aromatic rings. The maximum absolute atomic E-state index is 11.5. The van der Waals surface area contributed by atoms with Crippen LogP contribution in [0.25, 0.3) is 0 Å². The Bertz CT molecular complexity index is 198. The summed E-state index contributed by atoms with van der Waals surface area (Å²) in [4.78, 5) is 11.5. The third kappa shape index (κ3) is 2.53. The molecule has 0 amide bonds. The number of rotatable bonds is 3. The maximum Gasteiger partial charge on any atom is 0.137 e. The molecule has 1 N–H and O–H groups in total. The zero-order chi connectivity index (χ0) is 9.26. The molecule has 0 aromatic heterocycles. The number of piperidine rings is 1. The van der Waals surface area contributed by atoms with Crippen molar-refractivity contribution in [2.75, 3.05) is 6.54 Å². The van der Waals surface area contributed by atoms with Crippen LogP contribution in [0.4, 0.5) is 0 Å². The van der Waals surface area contributed by atoms with E-state index in [0.29, 0.717) is 17.7 Å². The molecule has 0 bridgehead atoms. The number of hydrogen-bond acceptors (Lipinski definition) is 2. The van der Waals surface area contributed by atoms with E-state index in [1.54, 1.807) is 0 Å². The largest absolute Gasteiger partial charge is 0.314 e. The Balaban J connectivity index is 1.76. The summed E-state index contributed by atoms with van der Waals surface area (Å²) in [7, 11) is 0. The van der Waals surface area contributed by atoms with Crippen molar-refractivity contribution in [3.8, 4) is 0 Å². The number of carbonyl (C=O) groups is 1. The van der Waals surface area contributed by atoms with Gasteiger partial charge in [0.1, 0.15) is 5.78 Å². The quantitative estimate of drug-likeness (QED) is 0.718. The van der Waals surface area contributed by atoms with Gasteiger partial charge in [-0.2, -0.15) is 0 Å². The number of hydrogen-bond donors (Lipinski definition) is 1. The average molecular weight is 181 g/mol. The Kier molecular flexibility index (Phi) is 2.68. The molecule has 2 nitrogen and oxygen atoms in total. The van der Waals surface area contributed by atoms with Crippen molar-refractivity contribution < 1.29 is 4.79 Å². The summed E-state index contributed by atoms with van der Waals surface area (Å²) in [5.74, 6) is 1.75. The fourth-order valence-corrected chi connectivity index (χ4v) is 2.19. The Labute approximate surface area is 80.1 Å². The molecule has 74 valence electrons. The first-order valence-electron chi connectivity index (χ1n) is 5.52. The molecule has 2 fully saturated rings. The van der Waals surface area contributed by atoms with E-state index in [0.717, 1.165) is 31.7 Å². The third-order valence-electron chi connectivity index (χ3n) is 3.24. The Morgan fingerprint density at radius 2 is 2.15 bits per heavy atom. The van der Waals surface area contributed by atoms with E-state index in [1.807, 2.05) is 0 Å². The van der Waals surface area contributed by atoms with Crippen molar-refractivity contribution in [3.63, 3.8) is 0 Å². The third-order valence-corrected chi connectivity index (χ3v) is 3.24. The Hall–Kier alpha value is -0.370. The lowest BCUT2D eigenvalue weighted by atomic mass is 9.91. The van der Waals surface area contributed by atoms with Crippen LogP contribution in [0.3, 0.4) is 0 Å². The second-order valence-corrected chi connectivity index (χ2v) is 4.73. The van der Waals surface area contributed by atoms with Crippen LogP contribution in [0.2, 0.25) is 0 Å². The van der Waals surface area contributed by atoms with Gasteiger partial charge in [0.15, 0.2) is 0 Å². The minimum Gasteiger partial charge on any atom is -0.314 e. The first-order valence-corrected chi connectivity index (χ1v) is 5.52. The predicted octanol–water partition coefficient (Wildman–Crippen LogP) is 1.74. The van der Waals surface area contributed by atoms with Gasteiger partial charge in [-0.3, -0.25) is 4.79 Å². The van der Waals surface area contributed by atoms with Gasteiger partial charge in [0, 0.05) is 18.4 Å². The Morgan fingerprint density at radius 1 is 1.38 bits per heavy atom. The van der Waals surface area contributed by atoms with Crippen molar-refractivity contribution >= 4 is 5.78 Å². The van der Waals surface area contributed by atoms with Gasteiger partial charge in [0.05, 0.1) is 0 Å². The first-order chi connectivity index (χ1) is 6.25. The summed E-state index contributed by atoms with van der Waals surface area (Å²) >= 11 is 0. The van der Waals surface area contributed by atoms with Gasteiger partial charge in [-0.05, 0) is 38.1 Å². The minimum absolute atomic E-state index is 0.444. The highest BCUT2D eigenvalue weighted by Gasteiger charge is 2.31. The van der Waals surface area contributed by atoms with Crippen LogP contribution in [-0.4, -0.2) is 18.4 Å². The van der Waals surface area contributed by atoms with Gasteiger partial charge in [0.25, 0.3) is 0 Å². The molecule has 1 aliphatic heterocycles. The summed E-state index contributed by atoms with van der Waals surface area (Å²) in [5, 5.41) is 3.44. The second-order valence-electron chi connectivity index (χ2n) is 4.73. The summed E-state index contributed by atoms with van der Waals surface area (Å²) < 4.78 is 0. The molecule has 0 radical (unpaired) electrons. The smallest absolute Gasteiger partial charge is 0.137 e. The highest BCUT2D eigenvalue weighted by Crippen LogP contribution is 2.32. The van der Waals surface area contributed by atoms with Gasteiger partial charge in [-0.1, -0.05) is 6.92 Å². The van der Waals surface area contributed by atoms with E-state index < -0.39 is 0 Å². The van der Waals surface area contributed by atoms with Gasteiger partial charge in [0.2, 0.25) is 0 Å². The SMILES string of the molecule is CC1CCNC(CC(=O)C2CC2)C1. The Morgan fingerprint density at radius 3 is 2.77 bits per heavy atom. The standard InChI is InChI=1S/C11H19NO/c1-8-4-5-12-10(6-8)7-11(13)9-2-3-9/h8-10,12H,2-7H2,1H3. The van der Waals surface area contributed by atoms with Crippen LogP contribution in [0.15, 0.2) is 0 Å². The van der Waals surface area contributed by atoms with Gasteiger partial charge in [-0.25, -0.2) is 0 Å². The average Bonchev–Trinajstić information content (AvgIpc) is 2.85. The van der Waals surface area contributed by atoms with Gasteiger partial charge >= 0.3 is 0 Å². The molecular formula is C11H19NO. The molecule has 2 rings (SSSR count). The van der Waals surface area contributed by atoms with Crippen LogP contribution in [0.5, 0.6) is 0 Å². The molecule has 2 atom stereocenters. The fraction of sp³-hybridized carbons (Fsp3) is 0.909. The van der Waals surface area contributed by atoms with Crippen molar-refractivity contribution in [2.45, 2.75) is 45.1 Å². The van der Waals surface area contributed by atoms with Gasteiger partial charge in [-0.15, -0.1) is 0 Å². The van der Waals surface area contributed by atoms with Crippen molar-refractivity contribution in [1.29, 1.82) is 0 Å². The molecule has 1 heterocycles. The maximum atomic E-state index is 11.5. The van der Waals surface area contributed by atoms with Gasteiger partial charge < -0.3 is 5.32 Å². The molecule has 1 saturated heterocycles. The molecule has 0 spiro atoms. The topological polar surface area (TPSA) is 29.1 Å². The summed E-state index contributed by atoms with van der Waals surface area (Å²) in [5.41, 5.74) is 0. The van der Waals surface area contributed by atoms with E-state index in [-0.39, 0.29) is 0 Å². The molecular weight excluding hydrogens is 162 g/mol. The molecule has 2 aliphatic rings. The second kappa shape index (κ2) is 3.79. The van der Waals surface area contributed by atoms with Crippen molar-refractivity contribution in [2.24, 2.45) is 11.8 Å².